The van der Waals surface area contributed by atoms with Gasteiger partial charge in [0.2, 0.25) is 0 Å². The van der Waals surface area contributed by atoms with Gasteiger partial charge in [0.05, 0.1) is 18.2 Å². The summed E-state index contributed by atoms with van der Waals surface area (Å²) < 4.78 is 7.84. The second kappa shape index (κ2) is 5.72. The van der Waals surface area contributed by atoms with Crippen molar-refractivity contribution in [2.75, 3.05) is 18.1 Å². The Labute approximate surface area is 138 Å². The fraction of sp³-hybridized carbons (Fsp3) is 0.375. The molecular weight excluding hydrogens is 306 g/mol. The summed E-state index contributed by atoms with van der Waals surface area (Å²) >= 11 is 0. The van der Waals surface area contributed by atoms with Crippen LogP contribution in [0.4, 0.5) is 11.5 Å². The van der Waals surface area contributed by atoms with E-state index in [4.69, 9.17) is 16.2 Å². The van der Waals surface area contributed by atoms with Crippen molar-refractivity contribution >= 4 is 22.7 Å². The van der Waals surface area contributed by atoms with Crippen LogP contribution < -0.4 is 11.5 Å². The van der Waals surface area contributed by atoms with E-state index in [1.165, 1.54) is 6.20 Å². The summed E-state index contributed by atoms with van der Waals surface area (Å²) in [6.07, 6.45) is 6.42. The van der Waals surface area contributed by atoms with E-state index in [0.717, 1.165) is 31.5 Å². The van der Waals surface area contributed by atoms with Crippen LogP contribution in [0, 0.1) is 6.92 Å². The maximum Gasteiger partial charge on any atom is 0.166 e. The van der Waals surface area contributed by atoms with E-state index in [2.05, 4.69) is 19.9 Å². The summed E-state index contributed by atoms with van der Waals surface area (Å²) in [6.45, 7) is 2.60. The Morgan fingerprint density at radius 1 is 1.21 bits per heavy atom. The molecule has 1 saturated heterocycles. The van der Waals surface area contributed by atoms with E-state index >= 15 is 0 Å². The molecule has 0 spiro atoms. The van der Waals surface area contributed by atoms with Gasteiger partial charge < -0.3 is 16.2 Å². The van der Waals surface area contributed by atoms with Gasteiger partial charge in [-0.3, -0.25) is 4.57 Å². The highest BCUT2D eigenvalue weighted by Gasteiger charge is 2.22. The Morgan fingerprint density at radius 3 is 2.88 bits per heavy atom. The summed E-state index contributed by atoms with van der Waals surface area (Å²) in [5.74, 6) is 1.00. The summed E-state index contributed by atoms with van der Waals surface area (Å²) in [7, 11) is 0. The number of anilines is 2. The number of nitrogen functional groups attached to an aromatic ring is 2. The second-order valence-corrected chi connectivity index (χ2v) is 5.97. The normalized spacial score (nSPS) is 18.1. The Kier molecular flexibility index (Phi) is 3.53. The molecule has 0 amide bonds. The zero-order valence-corrected chi connectivity index (χ0v) is 13.4. The van der Waals surface area contributed by atoms with Gasteiger partial charge in [-0.05, 0) is 32.3 Å². The van der Waals surface area contributed by atoms with Gasteiger partial charge in [-0.2, -0.15) is 0 Å². The average Bonchev–Trinajstić information content (AvgIpc) is 3.01. The molecule has 1 fully saturated rings. The zero-order chi connectivity index (χ0) is 16.7. The minimum absolute atomic E-state index is 0.0396. The summed E-state index contributed by atoms with van der Waals surface area (Å²) in [5, 5.41) is 0. The Balaban J connectivity index is 1.91. The number of rotatable bonds is 2. The number of nitrogens with zero attached hydrogens (tertiary/aromatic N) is 5. The third kappa shape index (κ3) is 2.44. The van der Waals surface area contributed by atoms with Crippen molar-refractivity contribution in [3.63, 3.8) is 0 Å². The first kappa shape index (κ1) is 14.8. The predicted octanol–water partition coefficient (Wildman–Crippen LogP) is 2.06. The van der Waals surface area contributed by atoms with Crippen LogP contribution >= 0.6 is 0 Å². The number of fused-ring (bicyclic) bond motifs is 1. The number of aryl methyl sites for hydroxylation is 1. The molecule has 0 aliphatic carbocycles. The van der Waals surface area contributed by atoms with E-state index in [1.54, 1.807) is 12.4 Å². The van der Waals surface area contributed by atoms with Crippen LogP contribution in [0.5, 0.6) is 0 Å². The standard InChI is InChI=1S/C16H19N7O/c1-9-21-13(11-6-10(17)7-19-15(11)18)14-16(22-9)23(8-20-14)12-4-2-3-5-24-12/h6-8,12H,2-5,17H2,1H3,(H2,18,19). The topological polar surface area (TPSA) is 118 Å². The maximum atomic E-state index is 6.03. The molecule has 0 saturated carbocycles. The Hall–Kier alpha value is -2.74. The molecule has 1 atom stereocenters. The van der Waals surface area contributed by atoms with Gasteiger partial charge in [0.25, 0.3) is 0 Å². The van der Waals surface area contributed by atoms with Crippen LogP contribution in [-0.4, -0.2) is 31.1 Å². The van der Waals surface area contributed by atoms with Crippen molar-refractivity contribution in [1.29, 1.82) is 0 Å². The first-order chi connectivity index (χ1) is 11.6. The fourth-order valence-electron chi connectivity index (χ4n) is 3.05. The number of hydrogen-bond donors (Lipinski definition) is 2. The highest BCUT2D eigenvalue weighted by molar-refractivity contribution is 5.91. The van der Waals surface area contributed by atoms with Crippen molar-refractivity contribution < 1.29 is 4.74 Å². The molecule has 4 N–H and O–H groups in total. The number of pyridine rings is 1. The van der Waals surface area contributed by atoms with Crippen molar-refractivity contribution in [1.82, 2.24) is 24.5 Å². The highest BCUT2D eigenvalue weighted by Crippen LogP contribution is 2.32. The molecule has 1 aliphatic heterocycles. The maximum absolute atomic E-state index is 6.03. The van der Waals surface area contributed by atoms with E-state index in [9.17, 15) is 0 Å². The zero-order valence-electron chi connectivity index (χ0n) is 13.4. The quantitative estimate of drug-likeness (QED) is 0.740. The second-order valence-electron chi connectivity index (χ2n) is 5.97. The summed E-state index contributed by atoms with van der Waals surface area (Å²) in [4.78, 5) is 17.7. The van der Waals surface area contributed by atoms with Gasteiger partial charge in [-0.15, -0.1) is 0 Å². The first-order valence-corrected chi connectivity index (χ1v) is 7.97. The van der Waals surface area contributed by atoms with E-state index in [0.29, 0.717) is 34.1 Å². The minimum Gasteiger partial charge on any atom is -0.397 e. The summed E-state index contributed by atoms with van der Waals surface area (Å²) in [6, 6.07) is 1.76. The fourth-order valence-corrected chi connectivity index (χ4v) is 3.05. The van der Waals surface area contributed by atoms with Gasteiger partial charge in [0.1, 0.15) is 29.1 Å². The molecular formula is C16H19N7O. The molecule has 24 heavy (non-hydrogen) atoms. The molecule has 8 nitrogen and oxygen atoms in total. The lowest BCUT2D eigenvalue weighted by Crippen LogP contribution is -2.17. The van der Waals surface area contributed by atoms with Crippen molar-refractivity contribution in [3.8, 4) is 11.3 Å². The lowest BCUT2D eigenvalue weighted by molar-refractivity contribution is -0.0298. The van der Waals surface area contributed by atoms with Gasteiger partial charge in [-0.25, -0.2) is 19.9 Å². The Bertz CT molecular complexity index is 899. The number of ether oxygens (including phenoxy) is 1. The number of hydrogen-bond acceptors (Lipinski definition) is 7. The van der Waals surface area contributed by atoms with Crippen molar-refractivity contribution in [3.05, 3.63) is 24.4 Å². The Morgan fingerprint density at radius 2 is 2.08 bits per heavy atom. The van der Waals surface area contributed by atoms with E-state index in [-0.39, 0.29) is 6.23 Å². The molecule has 3 aromatic rings. The van der Waals surface area contributed by atoms with Gasteiger partial charge in [0, 0.05) is 12.2 Å². The van der Waals surface area contributed by atoms with Crippen LogP contribution in [0.15, 0.2) is 18.6 Å². The highest BCUT2D eigenvalue weighted by atomic mass is 16.5. The molecule has 8 heteroatoms. The summed E-state index contributed by atoms with van der Waals surface area (Å²) in [5.41, 5.74) is 15.1. The molecule has 0 radical (unpaired) electrons. The lowest BCUT2D eigenvalue weighted by atomic mass is 10.1. The van der Waals surface area contributed by atoms with Crippen LogP contribution in [0.3, 0.4) is 0 Å². The number of nitrogens with two attached hydrogens (primary N) is 2. The van der Waals surface area contributed by atoms with Crippen molar-refractivity contribution in [2.45, 2.75) is 32.4 Å². The van der Waals surface area contributed by atoms with Crippen LogP contribution in [0.1, 0.15) is 31.3 Å². The SMILES string of the molecule is Cc1nc(-c2cc(N)cnc2N)c2ncn(C3CCCCO3)c2n1. The van der Waals surface area contributed by atoms with Gasteiger partial charge >= 0.3 is 0 Å². The van der Waals surface area contributed by atoms with Gasteiger partial charge in [-0.1, -0.05) is 0 Å². The number of aromatic nitrogens is 5. The average molecular weight is 325 g/mol. The predicted molar refractivity (Wildman–Crippen MR) is 91.0 cm³/mol. The van der Waals surface area contributed by atoms with Crippen LogP contribution in [0.25, 0.3) is 22.4 Å². The van der Waals surface area contributed by atoms with E-state index < -0.39 is 0 Å². The minimum atomic E-state index is -0.0396. The molecule has 4 rings (SSSR count). The molecule has 0 bridgehead atoms. The third-order valence-corrected chi connectivity index (χ3v) is 4.19. The first-order valence-electron chi connectivity index (χ1n) is 7.97. The number of imidazole rings is 1. The molecule has 3 aromatic heterocycles. The lowest BCUT2D eigenvalue weighted by Gasteiger charge is -2.23. The van der Waals surface area contributed by atoms with E-state index in [1.807, 2.05) is 11.5 Å². The molecule has 124 valence electrons. The molecule has 1 unspecified atom stereocenters. The van der Waals surface area contributed by atoms with Crippen molar-refractivity contribution in [2.24, 2.45) is 0 Å². The largest absolute Gasteiger partial charge is 0.397 e. The van der Waals surface area contributed by atoms with Crippen LogP contribution in [0.2, 0.25) is 0 Å². The molecule has 0 aromatic carbocycles. The van der Waals surface area contributed by atoms with Gasteiger partial charge in [0.15, 0.2) is 5.65 Å². The smallest absolute Gasteiger partial charge is 0.166 e. The monoisotopic (exact) mass is 325 g/mol. The third-order valence-electron chi connectivity index (χ3n) is 4.19. The van der Waals surface area contributed by atoms with Crippen LogP contribution in [-0.2, 0) is 4.74 Å². The molecule has 1 aliphatic rings. The molecule has 4 heterocycles.